The molecule has 0 spiro atoms. The van der Waals surface area contributed by atoms with Crippen molar-refractivity contribution in [2.24, 2.45) is 5.92 Å². The lowest BCUT2D eigenvalue weighted by Crippen LogP contribution is -2.61. The number of unbranched alkanes of at least 4 members (excludes halogenated alkanes) is 1. The number of rotatable bonds is 10. The molecule has 1 N–H and O–H groups in total. The van der Waals surface area contributed by atoms with Crippen LogP contribution in [0.25, 0.3) is 0 Å². The van der Waals surface area contributed by atoms with Crippen LogP contribution in [0.2, 0.25) is 0 Å². The van der Waals surface area contributed by atoms with Gasteiger partial charge in [-0.2, -0.15) is 0 Å². The quantitative estimate of drug-likeness (QED) is 0.193. The molecule has 0 amide bonds. The van der Waals surface area contributed by atoms with E-state index in [1.807, 2.05) is 12.1 Å². The topological polar surface area (TPSA) is 79.3 Å². The summed E-state index contributed by atoms with van der Waals surface area (Å²) < 4.78 is 13.0. The summed E-state index contributed by atoms with van der Waals surface area (Å²) in [5.74, 6) is -2.30. The van der Waals surface area contributed by atoms with Crippen molar-refractivity contribution in [2.75, 3.05) is 14.1 Å². The normalized spacial score (nSPS) is 25.9. The van der Waals surface area contributed by atoms with Crippen LogP contribution in [0.15, 0.2) is 12.1 Å². The maximum atomic E-state index is 14.8. The fraction of sp³-hybridized carbons (Fsp3) is 0.814. The van der Waals surface area contributed by atoms with Crippen LogP contribution in [0.4, 0.5) is 0 Å². The molecule has 2 aliphatic rings. The standard InChI is InChI=1S/C43H74N2O5/c1-18-20-21-31(28-22-32(38(3,4)5)35(46)33(23-28)39(6,7)8)34(36(47)49-29-24-40(9,10)44(16)41(11,12)25-29)37(48)50-30-26-42(13,14)45(17)43(15,19-2)27-30/h22-23,29-31,34,46H,18-21,24-27H2,1-17H3. The second-order valence-corrected chi connectivity index (χ2v) is 20.0. The van der Waals surface area contributed by atoms with Gasteiger partial charge in [-0.15, -0.1) is 0 Å². The maximum Gasteiger partial charge on any atom is 0.321 e. The number of nitrogens with zero attached hydrogens (tertiary/aromatic N) is 2. The van der Waals surface area contributed by atoms with Gasteiger partial charge in [0.2, 0.25) is 0 Å². The first-order valence-corrected chi connectivity index (χ1v) is 19.4. The molecular formula is C43H74N2O5. The van der Waals surface area contributed by atoms with Crippen molar-refractivity contribution in [1.29, 1.82) is 0 Å². The molecule has 7 heteroatoms. The van der Waals surface area contributed by atoms with E-state index in [0.717, 1.165) is 36.0 Å². The highest BCUT2D eigenvalue weighted by molar-refractivity contribution is 5.96. The summed E-state index contributed by atoms with van der Waals surface area (Å²) in [5.41, 5.74) is 1.10. The lowest BCUT2D eigenvalue weighted by molar-refractivity contribution is -0.179. The molecule has 2 aliphatic heterocycles. The van der Waals surface area contributed by atoms with Gasteiger partial charge in [-0.25, -0.2) is 0 Å². The van der Waals surface area contributed by atoms with Crippen LogP contribution in [0.1, 0.15) is 178 Å². The minimum absolute atomic E-state index is 0.143. The van der Waals surface area contributed by atoms with Crippen molar-refractivity contribution in [1.82, 2.24) is 9.80 Å². The molecule has 0 aromatic heterocycles. The van der Waals surface area contributed by atoms with Gasteiger partial charge in [-0.1, -0.05) is 80.4 Å². The Balaban J connectivity index is 2.19. The van der Waals surface area contributed by atoms with E-state index >= 15 is 0 Å². The molecule has 4 unspecified atom stereocenters. The number of ether oxygens (including phenoxy) is 2. The van der Waals surface area contributed by atoms with Gasteiger partial charge in [-0.05, 0) is 103 Å². The first kappa shape index (κ1) is 42.3. The summed E-state index contributed by atoms with van der Waals surface area (Å²) in [6.45, 7) is 32.3. The highest BCUT2D eigenvalue weighted by Crippen LogP contribution is 2.46. The number of hydrogen-bond donors (Lipinski definition) is 1. The molecule has 286 valence electrons. The molecule has 50 heavy (non-hydrogen) atoms. The van der Waals surface area contributed by atoms with Crippen molar-refractivity contribution in [2.45, 2.75) is 206 Å². The second-order valence-electron chi connectivity index (χ2n) is 20.0. The Kier molecular flexibility index (Phi) is 12.5. The van der Waals surface area contributed by atoms with E-state index in [0.29, 0.717) is 32.1 Å². The molecule has 1 aromatic rings. The Hall–Kier alpha value is -2.12. The third kappa shape index (κ3) is 9.08. The van der Waals surface area contributed by atoms with E-state index in [2.05, 4.69) is 128 Å². The summed E-state index contributed by atoms with van der Waals surface area (Å²) in [6, 6.07) is 4.07. The number of hydrogen-bond acceptors (Lipinski definition) is 7. The summed E-state index contributed by atoms with van der Waals surface area (Å²) in [7, 11) is 4.30. The van der Waals surface area contributed by atoms with Gasteiger partial charge in [0.05, 0.1) is 0 Å². The van der Waals surface area contributed by atoms with Gasteiger partial charge in [0.15, 0.2) is 5.92 Å². The zero-order chi connectivity index (χ0) is 38.4. The Morgan fingerprint density at radius 3 is 1.54 bits per heavy atom. The van der Waals surface area contributed by atoms with Crippen LogP contribution in [0.5, 0.6) is 5.75 Å². The molecule has 3 rings (SSSR count). The first-order valence-electron chi connectivity index (χ1n) is 19.4. The average molecular weight is 699 g/mol. The third-order valence-electron chi connectivity index (χ3n) is 12.7. The van der Waals surface area contributed by atoms with Gasteiger partial charge in [0.1, 0.15) is 18.0 Å². The number of likely N-dealkylation sites (tertiary alicyclic amines) is 2. The predicted molar refractivity (Wildman–Crippen MR) is 206 cm³/mol. The van der Waals surface area contributed by atoms with E-state index in [4.69, 9.17) is 9.47 Å². The fourth-order valence-electron chi connectivity index (χ4n) is 8.82. The first-order chi connectivity index (χ1) is 22.6. The number of phenolic OH excluding ortho intramolecular Hbond substituents is 1. The minimum Gasteiger partial charge on any atom is -0.507 e. The van der Waals surface area contributed by atoms with Crippen molar-refractivity contribution in [3.05, 3.63) is 28.8 Å². The number of carbonyl (C=O) groups excluding carboxylic acids is 2. The molecule has 0 radical (unpaired) electrons. The van der Waals surface area contributed by atoms with Gasteiger partial charge in [-0.3, -0.25) is 19.4 Å². The summed E-state index contributed by atoms with van der Waals surface area (Å²) >= 11 is 0. The molecule has 1 aromatic carbocycles. The molecular weight excluding hydrogens is 624 g/mol. The van der Waals surface area contributed by atoms with Crippen molar-refractivity contribution in [3.8, 4) is 5.75 Å². The number of benzene rings is 1. The molecule has 7 nitrogen and oxygen atoms in total. The SMILES string of the molecule is CCCCC(c1cc(C(C)(C)C)c(O)c(C(C)(C)C)c1)C(C(=O)OC1CC(C)(C)N(C)C(C)(C)C1)C(=O)OC1CC(C)(C)N(C)C(C)(CC)C1. The van der Waals surface area contributed by atoms with E-state index in [1.165, 1.54) is 0 Å². The summed E-state index contributed by atoms with van der Waals surface area (Å²) in [5, 5.41) is 11.6. The summed E-state index contributed by atoms with van der Waals surface area (Å²) in [4.78, 5) is 34.4. The zero-order valence-corrected chi connectivity index (χ0v) is 35.1. The lowest BCUT2D eigenvalue weighted by Gasteiger charge is -2.54. The number of esters is 2. The smallest absolute Gasteiger partial charge is 0.321 e. The van der Waals surface area contributed by atoms with E-state index in [-0.39, 0.29) is 50.9 Å². The van der Waals surface area contributed by atoms with Crippen LogP contribution in [0.3, 0.4) is 0 Å². The van der Waals surface area contributed by atoms with E-state index in [9.17, 15) is 14.7 Å². The number of carbonyl (C=O) groups is 2. The average Bonchev–Trinajstić information content (AvgIpc) is 2.95. The monoisotopic (exact) mass is 699 g/mol. The van der Waals surface area contributed by atoms with Gasteiger partial charge >= 0.3 is 11.9 Å². The van der Waals surface area contributed by atoms with E-state index < -0.39 is 23.8 Å². The molecule has 0 saturated carbocycles. The number of piperidine rings is 2. The molecule has 0 bridgehead atoms. The number of aromatic hydroxyl groups is 1. The third-order valence-corrected chi connectivity index (χ3v) is 12.7. The van der Waals surface area contributed by atoms with Crippen LogP contribution < -0.4 is 0 Å². The Morgan fingerprint density at radius 1 is 0.760 bits per heavy atom. The van der Waals surface area contributed by atoms with Crippen LogP contribution in [-0.2, 0) is 29.9 Å². The maximum absolute atomic E-state index is 14.8. The van der Waals surface area contributed by atoms with E-state index in [1.54, 1.807) is 0 Å². The zero-order valence-electron chi connectivity index (χ0n) is 35.1. The predicted octanol–water partition coefficient (Wildman–Crippen LogP) is 9.66. The number of phenols is 1. The largest absolute Gasteiger partial charge is 0.507 e. The van der Waals surface area contributed by atoms with Crippen molar-refractivity contribution >= 4 is 11.9 Å². The molecule has 2 heterocycles. The highest BCUT2D eigenvalue weighted by Gasteiger charge is 2.50. The minimum atomic E-state index is -1.13. The second kappa shape index (κ2) is 14.7. The fourth-order valence-corrected chi connectivity index (χ4v) is 8.82. The summed E-state index contributed by atoms with van der Waals surface area (Å²) in [6.07, 6.45) is 5.40. The highest BCUT2D eigenvalue weighted by atomic mass is 16.6. The molecule has 2 fully saturated rings. The Morgan fingerprint density at radius 2 is 1.16 bits per heavy atom. The van der Waals surface area contributed by atoms with Crippen molar-refractivity contribution in [3.63, 3.8) is 0 Å². The van der Waals surface area contributed by atoms with Crippen LogP contribution in [0, 0.1) is 5.92 Å². The van der Waals surface area contributed by atoms with Gasteiger partial charge in [0.25, 0.3) is 0 Å². The Labute approximate surface area is 306 Å². The Bertz CT molecular complexity index is 1310. The van der Waals surface area contributed by atoms with Gasteiger partial charge < -0.3 is 14.6 Å². The van der Waals surface area contributed by atoms with Gasteiger partial charge in [0, 0.05) is 53.8 Å². The lowest BCUT2D eigenvalue weighted by atomic mass is 9.74. The van der Waals surface area contributed by atoms with Crippen LogP contribution >= 0.6 is 0 Å². The van der Waals surface area contributed by atoms with Crippen molar-refractivity contribution < 1.29 is 24.2 Å². The molecule has 2 saturated heterocycles. The molecule has 4 atom stereocenters. The van der Waals surface area contributed by atoms with Crippen LogP contribution in [-0.4, -0.2) is 75.3 Å². The molecule has 0 aliphatic carbocycles.